The Balaban J connectivity index is 1.95. The van der Waals surface area contributed by atoms with Gasteiger partial charge in [-0.1, -0.05) is 12.1 Å². The Hall–Kier alpha value is -3.09. The lowest BCUT2D eigenvalue weighted by molar-refractivity contribution is -0.120. The van der Waals surface area contributed by atoms with E-state index in [0.717, 1.165) is 0 Å². The summed E-state index contributed by atoms with van der Waals surface area (Å²) in [5, 5.41) is 5.63. The molecule has 0 fully saturated rings. The van der Waals surface area contributed by atoms with E-state index in [0.29, 0.717) is 17.1 Å². The third-order valence-corrected chi connectivity index (χ3v) is 3.08. The minimum absolute atomic E-state index is 0.223. The summed E-state index contributed by atoms with van der Waals surface area (Å²) < 4.78 is 18.3. The van der Waals surface area contributed by atoms with E-state index >= 15 is 0 Å². The zero-order chi connectivity index (χ0) is 17.5. The number of benzene rings is 2. The zero-order valence-electron chi connectivity index (χ0n) is 13.1. The van der Waals surface area contributed by atoms with E-state index in [1.807, 2.05) is 0 Å². The van der Waals surface area contributed by atoms with E-state index in [9.17, 15) is 14.0 Å². The quantitative estimate of drug-likeness (QED) is 0.724. The fourth-order valence-electron chi connectivity index (χ4n) is 1.96. The molecule has 0 aliphatic heterocycles. The molecule has 0 radical (unpaired) electrons. The molecule has 0 saturated carbocycles. The number of hydrogen-bond acceptors (Lipinski definition) is 4. The van der Waals surface area contributed by atoms with Crippen molar-refractivity contribution in [2.75, 3.05) is 17.2 Å². The first kappa shape index (κ1) is 17.3. The van der Waals surface area contributed by atoms with Crippen molar-refractivity contribution in [3.05, 3.63) is 54.3 Å². The number of carbonyl (C=O) groups excluding carboxylic acids is 2. The second-order valence-corrected chi connectivity index (χ2v) is 5.15. The standard InChI is InChI=1S/C17H18FN3O3/c1-11(17(23)21-13-5-2-4-12(18)8-13)20-14-6-3-7-15(9-14)24-10-16(19)22/h2-9,11,20H,10H2,1H3,(H2,19,22)(H,21,23)/t11-/m1/s1. The van der Waals surface area contributed by atoms with Gasteiger partial charge in [-0.05, 0) is 37.3 Å². The van der Waals surface area contributed by atoms with Gasteiger partial charge in [-0.15, -0.1) is 0 Å². The lowest BCUT2D eigenvalue weighted by Crippen LogP contribution is -2.31. The maximum atomic E-state index is 13.1. The predicted molar refractivity (Wildman–Crippen MR) is 89.2 cm³/mol. The highest BCUT2D eigenvalue weighted by atomic mass is 19.1. The van der Waals surface area contributed by atoms with Crippen LogP contribution in [0.4, 0.5) is 15.8 Å². The van der Waals surface area contributed by atoms with Crippen LogP contribution in [0.5, 0.6) is 5.75 Å². The number of amides is 2. The largest absolute Gasteiger partial charge is 0.484 e. The van der Waals surface area contributed by atoms with Crippen molar-refractivity contribution in [1.82, 2.24) is 0 Å². The van der Waals surface area contributed by atoms with Gasteiger partial charge in [0.2, 0.25) is 5.91 Å². The van der Waals surface area contributed by atoms with Crippen LogP contribution in [0.1, 0.15) is 6.92 Å². The Morgan fingerprint density at radius 1 is 1.17 bits per heavy atom. The van der Waals surface area contributed by atoms with Gasteiger partial charge < -0.3 is 21.1 Å². The van der Waals surface area contributed by atoms with Gasteiger partial charge in [-0.25, -0.2) is 4.39 Å². The van der Waals surface area contributed by atoms with Crippen molar-refractivity contribution in [3.8, 4) is 5.75 Å². The Labute approximate surface area is 138 Å². The normalized spacial score (nSPS) is 11.4. The average Bonchev–Trinajstić information content (AvgIpc) is 2.53. The van der Waals surface area contributed by atoms with Gasteiger partial charge in [0.05, 0.1) is 0 Å². The predicted octanol–water partition coefficient (Wildman–Crippen LogP) is 2.13. The van der Waals surface area contributed by atoms with Crippen LogP contribution in [0, 0.1) is 5.82 Å². The van der Waals surface area contributed by atoms with Crippen LogP contribution in [-0.4, -0.2) is 24.5 Å². The van der Waals surface area contributed by atoms with E-state index in [1.54, 1.807) is 37.3 Å². The Morgan fingerprint density at radius 2 is 1.88 bits per heavy atom. The molecule has 0 aliphatic rings. The van der Waals surface area contributed by atoms with Gasteiger partial charge in [-0.3, -0.25) is 9.59 Å². The molecule has 0 aliphatic carbocycles. The minimum Gasteiger partial charge on any atom is -0.484 e. The van der Waals surface area contributed by atoms with Gasteiger partial charge in [0, 0.05) is 17.4 Å². The first-order valence-electron chi connectivity index (χ1n) is 7.28. The number of anilines is 2. The van der Waals surface area contributed by atoms with Crippen molar-refractivity contribution >= 4 is 23.2 Å². The molecule has 4 N–H and O–H groups in total. The number of nitrogens with two attached hydrogens (primary N) is 1. The van der Waals surface area contributed by atoms with Crippen LogP contribution in [0.2, 0.25) is 0 Å². The van der Waals surface area contributed by atoms with Gasteiger partial charge in [0.1, 0.15) is 17.6 Å². The fraction of sp³-hybridized carbons (Fsp3) is 0.176. The van der Waals surface area contributed by atoms with Crippen molar-refractivity contribution in [2.24, 2.45) is 5.73 Å². The smallest absolute Gasteiger partial charge is 0.255 e. The number of ether oxygens (including phenoxy) is 1. The molecule has 6 nitrogen and oxygen atoms in total. The number of nitrogens with one attached hydrogen (secondary N) is 2. The molecule has 0 heterocycles. The summed E-state index contributed by atoms with van der Waals surface area (Å²) in [6.07, 6.45) is 0. The van der Waals surface area contributed by atoms with Crippen molar-refractivity contribution in [3.63, 3.8) is 0 Å². The van der Waals surface area contributed by atoms with Crippen molar-refractivity contribution in [1.29, 1.82) is 0 Å². The molecule has 0 unspecified atom stereocenters. The molecule has 0 saturated heterocycles. The summed E-state index contributed by atoms with van der Waals surface area (Å²) in [4.78, 5) is 22.9. The van der Waals surface area contributed by atoms with Crippen LogP contribution in [0.3, 0.4) is 0 Å². The number of rotatable bonds is 7. The topological polar surface area (TPSA) is 93.4 Å². The molecule has 1 atom stereocenters. The lowest BCUT2D eigenvalue weighted by Gasteiger charge is -2.16. The Bertz CT molecular complexity index is 737. The van der Waals surface area contributed by atoms with Crippen LogP contribution < -0.4 is 21.1 Å². The van der Waals surface area contributed by atoms with Gasteiger partial charge >= 0.3 is 0 Å². The first-order chi connectivity index (χ1) is 11.4. The summed E-state index contributed by atoms with van der Waals surface area (Å²) in [5.41, 5.74) is 6.04. The molecule has 2 amide bonds. The third-order valence-electron chi connectivity index (χ3n) is 3.08. The summed E-state index contributed by atoms with van der Waals surface area (Å²) in [7, 11) is 0. The molecule has 7 heteroatoms. The lowest BCUT2D eigenvalue weighted by atomic mass is 10.2. The highest BCUT2D eigenvalue weighted by molar-refractivity contribution is 5.96. The molecule has 0 spiro atoms. The molecular formula is C17H18FN3O3. The summed E-state index contributed by atoms with van der Waals surface area (Å²) in [5.74, 6) is -0.857. The van der Waals surface area contributed by atoms with Gasteiger partial charge in [-0.2, -0.15) is 0 Å². The maximum Gasteiger partial charge on any atom is 0.255 e. The first-order valence-corrected chi connectivity index (χ1v) is 7.28. The monoisotopic (exact) mass is 331 g/mol. The summed E-state index contributed by atoms with van der Waals surface area (Å²) >= 11 is 0. The second kappa shape index (κ2) is 7.96. The molecule has 126 valence electrons. The summed E-state index contributed by atoms with van der Waals surface area (Å²) in [6, 6.07) is 11.9. The van der Waals surface area contributed by atoms with Crippen LogP contribution in [0.25, 0.3) is 0 Å². The molecule has 0 bridgehead atoms. The highest BCUT2D eigenvalue weighted by Gasteiger charge is 2.13. The molecule has 2 rings (SSSR count). The van der Waals surface area contributed by atoms with Gasteiger partial charge in [0.25, 0.3) is 5.91 Å². The van der Waals surface area contributed by atoms with E-state index in [2.05, 4.69) is 10.6 Å². The number of halogens is 1. The molecule has 2 aromatic rings. The van der Waals surface area contributed by atoms with Crippen molar-refractivity contribution in [2.45, 2.75) is 13.0 Å². The molecular weight excluding hydrogens is 313 g/mol. The number of primary amides is 1. The third kappa shape index (κ3) is 5.28. The Morgan fingerprint density at radius 3 is 2.58 bits per heavy atom. The molecule has 24 heavy (non-hydrogen) atoms. The van der Waals surface area contributed by atoms with E-state index < -0.39 is 17.8 Å². The van der Waals surface area contributed by atoms with Gasteiger partial charge in [0.15, 0.2) is 6.61 Å². The highest BCUT2D eigenvalue weighted by Crippen LogP contribution is 2.18. The van der Waals surface area contributed by atoms with Crippen LogP contribution in [-0.2, 0) is 9.59 Å². The van der Waals surface area contributed by atoms with Crippen molar-refractivity contribution < 1.29 is 18.7 Å². The zero-order valence-corrected chi connectivity index (χ0v) is 13.1. The fourth-order valence-corrected chi connectivity index (χ4v) is 1.96. The van der Waals surface area contributed by atoms with Crippen LogP contribution in [0.15, 0.2) is 48.5 Å². The number of hydrogen-bond donors (Lipinski definition) is 3. The number of carbonyl (C=O) groups is 2. The average molecular weight is 331 g/mol. The Kier molecular flexibility index (Phi) is 5.73. The maximum absolute atomic E-state index is 13.1. The second-order valence-electron chi connectivity index (χ2n) is 5.15. The minimum atomic E-state index is -0.573. The molecule has 0 aromatic heterocycles. The van der Waals surface area contributed by atoms with E-state index in [-0.39, 0.29) is 12.5 Å². The van der Waals surface area contributed by atoms with E-state index in [4.69, 9.17) is 10.5 Å². The molecule has 2 aromatic carbocycles. The SMILES string of the molecule is C[C@@H](Nc1cccc(OCC(N)=O)c1)C(=O)Nc1cccc(F)c1. The van der Waals surface area contributed by atoms with E-state index in [1.165, 1.54) is 18.2 Å². The summed E-state index contributed by atoms with van der Waals surface area (Å²) in [6.45, 7) is 1.45. The van der Waals surface area contributed by atoms with Crippen LogP contribution >= 0.6 is 0 Å².